The third-order valence-electron chi connectivity index (χ3n) is 3.37. The van der Waals surface area contributed by atoms with Crippen molar-refractivity contribution in [2.75, 3.05) is 20.6 Å². The summed E-state index contributed by atoms with van der Waals surface area (Å²) in [6.45, 7) is 1.17. The summed E-state index contributed by atoms with van der Waals surface area (Å²) in [5, 5.41) is 0. The molecule has 0 heterocycles. The van der Waals surface area contributed by atoms with Gasteiger partial charge < -0.3 is 4.90 Å². The highest BCUT2D eigenvalue weighted by Crippen LogP contribution is 2.44. The fraction of sp³-hybridized carbons (Fsp3) is 0.538. The molecule has 82 valence electrons. The zero-order chi connectivity index (χ0) is 10.9. The van der Waals surface area contributed by atoms with E-state index in [4.69, 9.17) is 0 Å². The highest BCUT2D eigenvalue weighted by atomic mass is 79.9. The summed E-state index contributed by atoms with van der Waals surface area (Å²) in [4.78, 5) is 2.31. The topological polar surface area (TPSA) is 3.24 Å². The molecule has 0 aliphatic heterocycles. The number of rotatable bonds is 3. The highest BCUT2D eigenvalue weighted by Gasteiger charge is 2.38. The molecule has 0 unspecified atom stereocenters. The molecule has 1 aliphatic rings. The van der Waals surface area contributed by atoms with Crippen molar-refractivity contribution in [2.45, 2.75) is 24.7 Å². The molecule has 0 radical (unpaired) electrons. The van der Waals surface area contributed by atoms with Crippen molar-refractivity contribution >= 4 is 15.9 Å². The summed E-state index contributed by atoms with van der Waals surface area (Å²) < 4.78 is 1.20. The van der Waals surface area contributed by atoms with Gasteiger partial charge in [0.15, 0.2) is 0 Å². The Labute approximate surface area is 101 Å². The Morgan fingerprint density at radius 1 is 1.33 bits per heavy atom. The third kappa shape index (κ3) is 2.26. The lowest BCUT2D eigenvalue weighted by atomic mass is 9.64. The van der Waals surface area contributed by atoms with Gasteiger partial charge in [-0.1, -0.05) is 34.5 Å². The van der Waals surface area contributed by atoms with Crippen LogP contribution in [0.5, 0.6) is 0 Å². The summed E-state index contributed by atoms with van der Waals surface area (Å²) >= 11 is 3.56. The van der Waals surface area contributed by atoms with Crippen LogP contribution in [0.4, 0.5) is 0 Å². The Hall–Kier alpha value is -0.340. The lowest BCUT2D eigenvalue weighted by Gasteiger charge is -2.44. The Kier molecular flexibility index (Phi) is 3.17. The molecule has 0 N–H and O–H groups in total. The van der Waals surface area contributed by atoms with Gasteiger partial charge in [-0.05, 0) is 44.6 Å². The number of halogens is 1. The second kappa shape index (κ2) is 4.26. The fourth-order valence-corrected chi connectivity index (χ4v) is 2.96. The van der Waals surface area contributed by atoms with Gasteiger partial charge in [0.1, 0.15) is 0 Å². The monoisotopic (exact) mass is 267 g/mol. The van der Waals surface area contributed by atoms with Gasteiger partial charge in [-0.3, -0.25) is 0 Å². The minimum atomic E-state index is 0.424. The Morgan fingerprint density at radius 3 is 2.53 bits per heavy atom. The summed E-state index contributed by atoms with van der Waals surface area (Å²) in [5.41, 5.74) is 1.92. The molecule has 2 heteroatoms. The van der Waals surface area contributed by atoms with Gasteiger partial charge in [-0.2, -0.15) is 0 Å². The molecule has 0 amide bonds. The summed E-state index contributed by atoms with van der Waals surface area (Å²) in [6, 6.07) is 8.80. The summed E-state index contributed by atoms with van der Waals surface area (Å²) in [7, 11) is 4.33. The van der Waals surface area contributed by atoms with E-state index in [1.165, 1.54) is 35.8 Å². The van der Waals surface area contributed by atoms with E-state index in [9.17, 15) is 0 Å². The Balaban J connectivity index is 2.26. The highest BCUT2D eigenvalue weighted by molar-refractivity contribution is 9.10. The van der Waals surface area contributed by atoms with Gasteiger partial charge in [-0.25, -0.2) is 0 Å². The first-order chi connectivity index (χ1) is 7.12. The number of benzene rings is 1. The first-order valence-corrected chi connectivity index (χ1v) is 6.32. The third-order valence-corrected chi connectivity index (χ3v) is 3.86. The maximum absolute atomic E-state index is 3.56. The second-order valence-electron chi connectivity index (χ2n) is 4.88. The SMILES string of the molecule is CN(C)CC1(c2cccc(Br)c2)CCC1. The van der Waals surface area contributed by atoms with E-state index in [0.717, 1.165) is 0 Å². The first kappa shape index (κ1) is 11.2. The molecule has 1 fully saturated rings. The molecular weight excluding hydrogens is 250 g/mol. The van der Waals surface area contributed by atoms with E-state index >= 15 is 0 Å². The summed E-state index contributed by atoms with van der Waals surface area (Å²) in [6.07, 6.45) is 4.05. The molecule has 0 saturated heterocycles. The fourth-order valence-electron chi connectivity index (χ4n) is 2.57. The molecule has 2 rings (SSSR count). The van der Waals surface area contributed by atoms with Crippen LogP contribution in [0.3, 0.4) is 0 Å². The maximum atomic E-state index is 3.56. The lowest BCUT2D eigenvalue weighted by Crippen LogP contribution is -2.43. The van der Waals surface area contributed by atoms with Crippen molar-refractivity contribution in [1.29, 1.82) is 0 Å². The smallest absolute Gasteiger partial charge is 0.0178 e. The minimum Gasteiger partial charge on any atom is -0.309 e. The second-order valence-corrected chi connectivity index (χ2v) is 5.80. The first-order valence-electron chi connectivity index (χ1n) is 5.53. The van der Waals surface area contributed by atoms with Crippen molar-refractivity contribution in [3.8, 4) is 0 Å². The van der Waals surface area contributed by atoms with Crippen LogP contribution in [0.25, 0.3) is 0 Å². The van der Waals surface area contributed by atoms with E-state index in [1.54, 1.807) is 0 Å². The standard InChI is InChI=1S/C13H18BrN/c1-15(2)10-13(7-4-8-13)11-5-3-6-12(14)9-11/h3,5-6,9H,4,7-8,10H2,1-2H3. The molecule has 1 aromatic carbocycles. The van der Waals surface area contributed by atoms with E-state index in [2.05, 4.69) is 59.2 Å². The lowest BCUT2D eigenvalue weighted by molar-refractivity contribution is 0.177. The quantitative estimate of drug-likeness (QED) is 0.811. The van der Waals surface area contributed by atoms with E-state index in [1.807, 2.05) is 0 Å². The van der Waals surface area contributed by atoms with Crippen molar-refractivity contribution < 1.29 is 0 Å². The molecule has 15 heavy (non-hydrogen) atoms. The van der Waals surface area contributed by atoms with Crippen LogP contribution in [0.15, 0.2) is 28.7 Å². The molecule has 1 nitrogen and oxygen atoms in total. The van der Waals surface area contributed by atoms with E-state index < -0.39 is 0 Å². The predicted octanol–water partition coefficient (Wildman–Crippen LogP) is 3.43. The van der Waals surface area contributed by atoms with Gasteiger partial charge >= 0.3 is 0 Å². The van der Waals surface area contributed by atoms with E-state index in [-0.39, 0.29) is 0 Å². The zero-order valence-electron chi connectivity index (χ0n) is 9.46. The minimum absolute atomic E-state index is 0.424. The zero-order valence-corrected chi connectivity index (χ0v) is 11.0. The van der Waals surface area contributed by atoms with Crippen molar-refractivity contribution in [1.82, 2.24) is 4.90 Å². The van der Waals surface area contributed by atoms with Gasteiger partial charge in [0.25, 0.3) is 0 Å². The number of hydrogen-bond acceptors (Lipinski definition) is 1. The number of likely N-dealkylation sites (N-methyl/N-ethyl adjacent to an activating group) is 1. The van der Waals surface area contributed by atoms with Crippen molar-refractivity contribution in [3.63, 3.8) is 0 Å². The van der Waals surface area contributed by atoms with Crippen LogP contribution < -0.4 is 0 Å². The summed E-state index contributed by atoms with van der Waals surface area (Å²) in [5.74, 6) is 0. The number of hydrogen-bond donors (Lipinski definition) is 0. The van der Waals surface area contributed by atoms with Crippen LogP contribution in [-0.2, 0) is 5.41 Å². The molecule has 1 saturated carbocycles. The molecule has 1 aliphatic carbocycles. The molecule has 0 aromatic heterocycles. The largest absolute Gasteiger partial charge is 0.309 e. The molecule has 1 aromatic rings. The average Bonchev–Trinajstić information content (AvgIpc) is 2.11. The number of nitrogens with zero attached hydrogens (tertiary/aromatic N) is 1. The van der Waals surface area contributed by atoms with Gasteiger partial charge in [0, 0.05) is 16.4 Å². The molecule has 0 bridgehead atoms. The van der Waals surface area contributed by atoms with Crippen LogP contribution in [0, 0.1) is 0 Å². The Morgan fingerprint density at radius 2 is 2.07 bits per heavy atom. The van der Waals surface area contributed by atoms with Gasteiger partial charge in [-0.15, -0.1) is 0 Å². The molecular formula is C13H18BrN. The maximum Gasteiger partial charge on any atom is 0.0178 e. The van der Waals surface area contributed by atoms with Crippen LogP contribution in [0.2, 0.25) is 0 Å². The normalized spacial score (nSPS) is 18.9. The van der Waals surface area contributed by atoms with Crippen molar-refractivity contribution in [2.24, 2.45) is 0 Å². The van der Waals surface area contributed by atoms with Gasteiger partial charge in [0.2, 0.25) is 0 Å². The average molecular weight is 268 g/mol. The molecule has 0 spiro atoms. The Bertz CT molecular complexity index is 342. The van der Waals surface area contributed by atoms with Crippen molar-refractivity contribution in [3.05, 3.63) is 34.3 Å². The van der Waals surface area contributed by atoms with Crippen LogP contribution in [0.1, 0.15) is 24.8 Å². The molecule has 0 atom stereocenters. The predicted molar refractivity (Wildman–Crippen MR) is 68.2 cm³/mol. The van der Waals surface area contributed by atoms with Gasteiger partial charge in [0.05, 0.1) is 0 Å². The van der Waals surface area contributed by atoms with E-state index in [0.29, 0.717) is 5.41 Å². The van der Waals surface area contributed by atoms with Crippen LogP contribution in [-0.4, -0.2) is 25.5 Å². The van der Waals surface area contributed by atoms with Crippen LogP contribution >= 0.6 is 15.9 Å².